The van der Waals surface area contributed by atoms with Crippen LogP contribution < -0.4 is 5.56 Å². The van der Waals surface area contributed by atoms with Gasteiger partial charge in [0.15, 0.2) is 0 Å². The smallest absolute Gasteiger partial charge is 0.253 e. The van der Waals surface area contributed by atoms with Crippen molar-refractivity contribution in [3.05, 3.63) is 51.3 Å². The van der Waals surface area contributed by atoms with Gasteiger partial charge < -0.3 is 14.3 Å². The first kappa shape index (κ1) is 17.0. The van der Waals surface area contributed by atoms with Crippen molar-refractivity contribution < 1.29 is 9.21 Å². The van der Waals surface area contributed by atoms with Crippen LogP contribution in [0.15, 0.2) is 27.6 Å². The molecular formula is C18H22N4O3. The number of hydrogen-bond acceptors (Lipinski definition) is 4. The first-order valence-electron chi connectivity index (χ1n) is 8.20. The molecule has 0 atom stereocenters. The molecule has 3 aromatic rings. The van der Waals surface area contributed by atoms with Gasteiger partial charge in [-0.25, -0.2) is 0 Å². The highest BCUT2D eigenvalue weighted by atomic mass is 16.3. The SMILES string of the molecule is Cc1nn(C)c2[nH]c(=O)c(CCC(=O)N(C)Cc3ccco3)c(C)c12. The molecule has 0 saturated heterocycles. The third-order valence-electron chi connectivity index (χ3n) is 4.54. The highest BCUT2D eigenvalue weighted by Gasteiger charge is 2.17. The van der Waals surface area contributed by atoms with Crippen molar-refractivity contribution in [3.63, 3.8) is 0 Å². The molecule has 132 valence electrons. The lowest BCUT2D eigenvalue weighted by atomic mass is 10.0. The predicted molar refractivity (Wildman–Crippen MR) is 94.3 cm³/mol. The fourth-order valence-corrected chi connectivity index (χ4v) is 3.20. The van der Waals surface area contributed by atoms with E-state index in [1.807, 2.05) is 19.9 Å². The second kappa shape index (κ2) is 6.58. The summed E-state index contributed by atoms with van der Waals surface area (Å²) >= 11 is 0. The van der Waals surface area contributed by atoms with Crippen LogP contribution in [0.4, 0.5) is 0 Å². The maximum Gasteiger partial charge on any atom is 0.253 e. The standard InChI is InChI=1S/C18H22N4O3/c1-11-14(18(24)19-17-16(11)12(2)20-22(17)4)7-8-15(23)21(3)10-13-6-5-9-25-13/h5-6,9H,7-8,10H2,1-4H3,(H,19,24). The Balaban J connectivity index is 1.78. The number of carbonyl (C=O) groups is 1. The molecule has 0 aliphatic carbocycles. The van der Waals surface area contributed by atoms with Crippen LogP contribution in [0.25, 0.3) is 11.0 Å². The Hall–Kier alpha value is -2.83. The summed E-state index contributed by atoms with van der Waals surface area (Å²) in [5.41, 5.74) is 2.96. The summed E-state index contributed by atoms with van der Waals surface area (Å²) in [4.78, 5) is 29.3. The van der Waals surface area contributed by atoms with E-state index in [2.05, 4.69) is 10.1 Å². The molecular weight excluding hydrogens is 320 g/mol. The Morgan fingerprint density at radius 3 is 2.84 bits per heavy atom. The Bertz CT molecular complexity index is 967. The van der Waals surface area contributed by atoms with E-state index in [9.17, 15) is 9.59 Å². The van der Waals surface area contributed by atoms with E-state index >= 15 is 0 Å². The van der Waals surface area contributed by atoms with Gasteiger partial charge in [-0.1, -0.05) is 0 Å². The second-order valence-electron chi connectivity index (χ2n) is 6.32. The summed E-state index contributed by atoms with van der Waals surface area (Å²) in [6.07, 6.45) is 2.25. The average Bonchev–Trinajstić information content (AvgIpc) is 3.15. The van der Waals surface area contributed by atoms with Gasteiger partial charge in [0.05, 0.1) is 18.5 Å². The van der Waals surface area contributed by atoms with E-state index in [0.717, 1.165) is 22.4 Å². The van der Waals surface area contributed by atoms with Gasteiger partial charge in [-0.05, 0) is 38.0 Å². The third kappa shape index (κ3) is 3.22. The highest BCUT2D eigenvalue weighted by molar-refractivity contribution is 5.83. The highest BCUT2D eigenvalue weighted by Crippen LogP contribution is 2.21. The monoisotopic (exact) mass is 342 g/mol. The van der Waals surface area contributed by atoms with Crippen molar-refractivity contribution >= 4 is 16.9 Å². The van der Waals surface area contributed by atoms with Gasteiger partial charge in [0.25, 0.3) is 5.56 Å². The number of aryl methyl sites for hydroxylation is 3. The molecule has 0 saturated carbocycles. The van der Waals surface area contributed by atoms with Crippen LogP contribution in [0.1, 0.15) is 29.0 Å². The van der Waals surface area contributed by atoms with Crippen LogP contribution in [-0.2, 0) is 24.8 Å². The molecule has 0 unspecified atom stereocenters. The molecule has 3 aromatic heterocycles. The van der Waals surface area contributed by atoms with Gasteiger partial charge in [-0.15, -0.1) is 0 Å². The normalized spacial score (nSPS) is 11.2. The lowest BCUT2D eigenvalue weighted by Crippen LogP contribution is -2.27. The average molecular weight is 342 g/mol. The fourth-order valence-electron chi connectivity index (χ4n) is 3.20. The van der Waals surface area contributed by atoms with E-state index in [0.29, 0.717) is 24.2 Å². The number of nitrogens with zero attached hydrogens (tertiary/aromatic N) is 3. The largest absolute Gasteiger partial charge is 0.467 e. The Labute approximate surface area is 145 Å². The lowest BCUT2D eigenvalue weighted by Gasteiger charge is -2.16. The molecule has 1 amide bonds. The zero-order chi connectivity index (χ0) is 18.1. The van der Waals surface area contributed by atoms with Crippen LogP contribution in [-0.4, -0.2) is 32.6 Å². The van der Waals surface area contributed by atoms with E-state index in [4.69, 9.17) is 4.42 Å². The molecule has 25 heavy (non-hydrogen) atoms. The van der Waals surface area contributed by atoms with Gasteiger partial charge >= 0.3 is 0 Å². The summed E-state index contributed by atoms with van der Waals surface area (Å²) in [6.45, 7) is 4.25. The molecule has 0 radical (unpaired) electrons. The van der Waals surface area contributed by atoms with Crippen LogP contribution in [0.2, 0.25) is 0 Å². The summed E-state index contributed by atoms with van der Waals surface area (Å²) < 4.78 is 6.93. The van der Waals surface area contributed by atoms with E-state index in [1.165, 1.54) is 0 Å². The van der Waals surface area contributed by atoms with Crippen LogP contribution >= 0.6 is 0 Å². The number of carbonyl (C=O) groups excluding carboxylic acids is 1. The number of nitrogens with one attached hydrogen (secondary N) is 1. The zero-order valence-corrected chi connectivity index (χ0v) is 14.9. The fraction of sp³-hybridized carbons (Fsp3) is 0.389. The number of amides is 1. The Morgan fingerprint density at radius 1 is 1.40 bits per heavy atom. The molecule has 0 bridgehead atoms. The Morgan fingerprint density at radius 2 is 2.16 bits per heavy atom. The number of hydrogen-bond donors (Lipinski definition) is 1. The maximum absolute atomic E-state index is 12.4. The van der Waals surface area contributed by atoms with E-state index < -0.39 is 0 Å². The number of fused-ring (bicyclic) bond motifs is 1. The number of pyridine rings is 1. The topological polar surface area (TPSA) is 84.1 Å². The number of aromatic amines is 1. The summed E-state index contributed by atoms with van der Waals surface area (Å²) in [5.74, 6) is 0.704. The lowest BCUT2D eigenvalue weighted by molar-refractivity contribution is -0.130. The summed E-state index contributed by atoms with van der Waals surface area (Å²) in [5, 5.41) is 5.31. The van der Waals surface area contributed by atoms with Crippen molar-refractivity contribution in [3.8, 4) is 0 Å². The number of aromatic nitrogens is 3. The molecule has 3 rings (SSSR count). The van der Waals surface area contributed by atoms with Crippen molar-refractivity contribution in [1.82, 2.24) is 19.7 Å². The summed E-state index contributed by atoms with van der Waals surface area (Å²) in [7, 11) is 3.54. The molecule has 0 aliphatic rings. The van der Waals surface area contributed by atoms with E-state index in [-0.39, 0.29) is 17.9 Å². The molecule has 7 heteroatoms. The minimum atomic E-state index is -0.158. The van der Waals surface area contributed by atoms with Gasteiger partial charge in [0, 0.05) is 31.5 Å². The third-order valence-corrected chi connectivity index (χ3v) is 4.54. The van der Waals surface area contributed by atoms with Crippen molar-refractivity contribution in [2.24, 2.45) is 7.05 Å². The van der Waals surface area contributed by atoms with Crippen LogP contribution in [0.3, 0.4) is 0 Å². The molecule has 0 spiro atoms. The van der Waals surface area contributed by atoms with Crippen LogP contribution in [0.5, 0.6) is 0 Å². The van der Waals surface area contributed by atoms with Crippen molar-refractivity contribution in [2.75, 3.05) is 7.05 Å². The van der Waals surface area contributed by atoms with Gasteiger partial charge in [0.1, 0.15) is 11.4 Å². The minimum absolute atomic E-state index is 0.0294. The van der Waals surface area contributed by atoms with Crippen molar-refractivity contribution in [1.29, 1.82) is 0 Å². The zero-order valence-electron chi connectivity index (χ0n) is 14.9. The first-order valence-corrected chi connectivity index (χ1v) is 8.20. The Kier molecular flexibility index (Phi) is 4.48. The van der Waals surface area contributed by atoms with E-state index in [1.54, 1.807) is 36.0 Å². The molecule has 3 heterocycles. The van der Waals surface area contributed by atoms with Gasteiger partial charge in [-0.2, -0.15) is 5.10 Å². The first-order chi connectivity index (χ1) is 11.9. The summed E-state index contributed by atoms with van der Waals surface area (Å²) in [6, 6.07) is 3.62. The quantitative estimate of drug-likeness (QED) is 0.769. The molecule has 0 fully saturated rings. The molecule has 1 N–H and O–H groups in total. The second-order valence-corrected chi connectivity index (χ2v) is 6.32. The molecule has 0 aromatic carbocycles. The van der Waals surface area contributed by atoms with Crippen molar-refractivity contribution in [2.45, 2.75) is 33.2 Å². The van der Waals surface area contributed by atoms with Gasteiger partial charge in [-0.3, -0.25) is 14.3 Å². The molecule has 7 nitrogen and oxygen atoms in total. The predicted octanol–water partition coefficient (Wildman–Crippen LogP) is 2.06. The number of rotatable bonds is 5. The maximum atomic E-state index is 12.4. The van der Waals surface area contributed by atoms with Gasteiger partial charge in [0.2, 0.25) is 5.91 Å². The van der Waals surface area contributed by atoms with Crippen LogP contribution in [0, 0.1) is 13.8 Å². The number of H-pyrrole nitrogens is 1. The number of furan rings is 1. The molecule has 0 aliphatic heterocycles. The minimum Gasteiger partial charge on any atom is -0.467 e.